The van der Waals surface area contributed by atoms with E-state index in [1.165, 1.54) is 12.3 Å². The lowest BCUT2D eigenvalue weighted by atomic mass is 10.0. The van der Waals surface area contributed by atoms with Crippen molar-refractivity contribution in [1.29, 1.82) is 0 Å². The number of amides is 1. The molecule has 42 heavy (non-hydrogen) atoms. The Balaban J connectivity index is 1.53. The third-order valence-corrected chi connectivity index (χ3v) is 7.22. The Kier molecular flexibility index (Phi) is 7.55. The summed E-state index contributed by atoms with van der Waals surface area (Å²) in [6, 6.07) is 14.3. The molecule has 12 heteroatoms. The van der Waals surface area contributed by atoms with Gasteiger partial charge in [0, 0.05) is 46.8 Å². The molecule has 0 radical (unpaired) electrons. The monoisotopic (exact) mass is 595 g/mol. The number of pyridine rings is 3. The second-order valence-corrected chi connectivity index (χ2v) is 10.2. The summed E-state index contributed by atoms with van der Waals surface area (Å²) >= 11 is 6.56. The number of alkyl halides is 3. The van der Waals surface area contributed by atoms with E-state index in [0.717, 1.165) is 27.3 Å². The highest BCUT2D eigenvalue weighted by Gasteiger charge is 2.34. The molecule has 216 valence electrons. The molecule has 0 aliphatic carbocycles. The van der Waals surface area contributed by atoms with Crippen LogP contribution >= 0.6 is 11.6 Å². The quantitative estimate of drug-likeness (QED) is 0.256. The number of fused-ring (bicyclic) bond motifs is 1. The lowest BCUT2D eigenvalue weighted by molar-refractivity contribution is -0.138. The second kappa shape index (κ2) is 11.0. The molecule has 0 spiro atoms. The number of primary amides is 1. The lowest BCUT2D eigenvalue weighted by Crippen LogP contribution is -2.29. The van der Waals surface area contributed by atoms with Crippen LogP contribution in [0.4, 0.5) is 13.2 Å². The number of para-hydroxylation sites is 1. The van der Waals surface area contributed by atoms with Gasteiger partial charge in [0.2, 0.25) is 0 Å². The number of ether oxygens (including phenoxy) is 1. The maximum atomic E-state index is 13.3. The minimum absolute atomic E-state index is 0.0881. The van der Waals surface area contributed by atoms with Crippen LogP contribution in [0.2, 0.25) is 5.02 Å². The SMILES string of the molecule is Cc1cc(Cl)c(COc2cccc3c(-c4ccc(C(N)=O)n4C)cc(C)nc23)c(Cn2cccc(C(F)(F)F)c2=O)n1. The number of carbonyl (C=O) groups excluding carboxylic acids is 1. The summed E-state index contributed by atoms with van der Waals surface area (Å²) in [6.07, 6.45) is -3.52. The van der Waals surface area contributed by atoms with E-state index in [-0.39, 0.29) is 13.2 Å². The normalized spacial score (nSPS) is 11.7. The average Bonchev–Trinajstić information content (AvgIpc) is 3.29. The first-order valence-electron chi connectivity index (χ1n) is 12.8. The predicted molar refractivity (Wildman–Crippen MR) is 153 cm³/mol. The number of hydrogen-bond donors (Lipinski definition) is 1. The molecule has 5 aromatic rings. The lowest BCUT2D eigenvalue weighted by Gasteiger charge is -2.17. The van der Waals surface area contributed by atoms with Gasteiger partial charge in [0.25, 0.3) is 11.5 Å². The summed E-state index contributed by atoms with van der Waals surface area (Å²) in [6.45, 7) is 3.20. The number of nitrogens with zero attached hydrogens (tertiary/aromatic N) is 4. The Hall–Kier alpha value is -4.64. The standard InChI is InChI=1S/C30H25ClF3N5O3/c1-16-12-19(24-9-10-25(28(35)40)38(24)3)18-6-4-8-26(27(18)37-16)42-15-20-22(31)13-17(2)36-23(20)14-39-11-5-7-21(29(39)41)30(32,33)34/h4-13H,14-15H2,1-3H3,(H2,35,40). The largest absolute Gasteiger partial charge is 0.486 e. The molecule has 0 aliphatic heterocycles. The van der Waals surface area contributed by atoms with Crippen LogP contribution in [0, 0.1) is 13.8 Å². The Morgan fingerprint density at radius 3 is 2.48 bits per heavy atom. The van der Waals surface area contributed by atoms with Crippen LogP contribution in [0.5, 0.6) is 5.75 Å². The fraction of sp³-hybridized carbons (Fsp3) is 0.200. The van der Waals surface area contributed by atoms with Crippen molar-refractivity contribution < 1.29 is 22.7 Å². The molecule has 5 rings (SSSR count). The smallest absolute Gasteiger partial charge is 0.421 e. The van der Waals surface area contributed by atoms with Crippen molar-refractivity contribution in [2.75, 3.05) is 0 Å². The fourth-order valence-electron chi connectivity index (χ4n) is 4.90. The summed E-state index contributed by atoms with van der Waals surface area (Å²) in [4.78, 5) is 33.6. The number of benzene rings is 1. The topological polar surface area (TPSA) is 105 Å². The van der Waals surface area contributed by atoms with Gasteiger partial charge in [0.05, 0.1) is 17.3 Å². The molecular formula is C30H25ClF3N5O3. The Labute approximate surface area is 243 Å². The van der Waals surface area contributed by atoms with E-state index in [4.69, 9.17) is 27.1 Å². The van der Waals surface area contributed by atoms with Crippen molar-refractivity contribution >= 4 is 28.4 Å². The van der Waals surface area contributed by atoms with Crippen molar-refractivity contribution in [2.45, 2.75) is 33.2 Å². The molecule has 8 nitrogen and oxygen atoms in total. The summed E-state index contributed by atoms with van der Waals surface area (Å²) in [5.74, 6) is -0.116. The maximum absolute atomic E-state index is 13.3. The van der Waals surface area contributed by atoms with E-state index in [9.17, 15) is 22.8 Å². The van der Waals surface area contributed by atoms with Crippen LogP contribution in [-0.4, -0.2) is 25.0 Å². The van der Waals surface area contributed by atoms with Gasteiger partial charge in [-0.15, -0.1) is 0 Å². The second-order valence-electron chi connectivity index (χ2n) is 9.80. The molecule has 0 unspecified atom stereocenters. The first kappa shape index (κ1) is 28.9. The number of aryl methyl sites for hydroxylation is 2. The third-order valence-electron chi connectivity index (χ3n) is 6.88. The fourth-order valence-corrected chi connectivity index (χ4v) is 5.22. The Bertz CT molecular complexity index is 1910. The summed E-state index contributed by atoms with van der Waals surface area (Å²) in [5.41, 5.74) is 7.50. The Morgan fingerprint density at radius 1 is 1.05 bits per heavy atom. The van der Waals surface area contributed by atoms with E-state index in [1.54, 1.807) is 42.8 Å². The van der Waals surface area contributed by atoms with Gasteiger partial charge in [-0.2, -0.15) is 13.2 Å². The van der Waals surface area contributed by atoms with Gasteiger partial charge in [-0.05, 0) is 56.3 Å². The highest BCUT2D eigenvalue weighted by molar-refractivity contribution is 6.31. The van der Waals surface area contributed by atoms with Gasteiger partial charge >= 0.3 is 6.18 Å². The van der Waals surface area contributed by atoms with Crippen molar-refractivity contribution in [3.63, 3.8) is 0 Å². The highest BCUT2D eigenvalue weighted by Crippen LogP contribution is 2.35. The van der Waals surface area contributed by atoms with Crippen molar-refractivity contribution in [3.8, 4) is 17.0 Å². The van der Waals surface area contributed by atoms with Crippen LogP contribution in [0.3, 0.4) is 0 Å². The van der Waals surface area contributed by atoms with Crippen LogP contribution in [-0.2, 0) is 26.4 Å². The Morgan fingerprint density at radius 2 is 1.79 bits per heavy atom. The first-order chi connectivity index (χ1) is 19.8. The molecule has 4 heterocycles. The van der Waals surface area contributed by atoms with Gasteiger partial charge in [0.15, 0.2) is 0 Å². The third kappa shape index (κ3) is 5.47. The van der Waals surface area contributed by atoms with E-state index < -0.39 is 23.2 Å². The molecule has 1 amide bonds. The summed E-state index contributed by atoms with van der Waals surface area (Å²) in [5, 5.41) is 1.06. The first-order valence-corrected chi connectivity index (χ1v) is 13.1. The minimum atomic E-state index is -4.79. The minimum Gasteiger partial charge on any atom is -0.486 e. The molecule has 0 aliphatic rings. The molecule has 0 fully saturated rings. The number of aromatic nitrogens is 4. The van der Waals surface area contributed by atoms with E-state index in [1.807, 2.05) is 25.1 Å². The van der Waals surface area contributed by atoms with Crippen LogP contribution in [0.25, 0.3) is 22.2 Å². The van der Waals surface area contributed by atoms with Gasteiger partial charge < -0.3 is 19.6 Å². The highest BCUT2D eigenvalue weighted by atomic mass is 35.5. The van der Waals surface area contributed by atoms with Gasteiger partial charge in [-0.25, -0.2) is 4.98 Å². The maximum Gasteiger partial charge on any atom is 0.421 e. The predicted octanol–water partition coefficient (Wildman–Crippen LogP) is 5.81. The molecule has 0 bridgehead atoms. The van der Waals surface area contributed by atoms with Crippen molar-refractivity contribution in [3.05, 3.63) is 110 Å². The summed E-state index contributed by atoms with van der Waals surface area (Å²) in [7, 11) is 1.75. The van der Waals surface area contributed by atoms with E-state index in [2.05, 4.69) is 4.98 Å². The molecule has 2 N–H and O–H groups in total. The van der Waals surface area contributed by atoms with Gasteiger partial charge in [-0.1, -0.05) is 23.7 Å². The van der Waals surface area contributed by atoms with E-state index in [0.29, 0.717) is 44.6 Å². The zero-order valence-electron chi connectivity index (χ0n) is 22.8. The molecule has 4 aromatic heterocycles. The molecule has 0 saturated carbocycles. The van der Waals surface area contributed by atoms with Crippen molar-refractivity contribution in [2.24, 2.45) is 12.8 Å². The molecule has 0 atom stereocenters. The number of hydrogen-bond acceptors (Lipinski definition) is 5. The number of halogens is 4. The zero-order chi connectivity index (χ0) is 30.3. The van der Waals surface area contributed by atoms with Crippen LogP contribution in [0.1, 0.15) is 38.7 Å². The van der Waals surface area contributed by atoms with Crippen LogP contribution in [0.15, 0.2) is 65.6 Å². The number of carbonyl (C=O) groups is 1. The average molecular weight is 596 g/mol. The molecule has 1 aromatic carbocycles. The molecular weight excluding hydrogens is 571 g/mol. The number of nitrogens with two attached hydrogens (primary N) is 1. The van der Waals surface area contributed by atoms with E-state index >= 15 is 0 Å². The summed E-state index contributed by atoms with van der Waals surface area (Å²) < 4.78 is 48.9. The van der Waals surface area contributed by atoms with Crippen LogP contribution < -0.4 is 16.0 Å². The van der Waals surface area contributed by atoms with Gasteiger partial charge in [0.1, 0.15) is 29.1 Å². The number of rotatable bonds is 7. The molecule has 0 saturated heterocycles. The van der Waals surface area contributed by atoms with Gasteiger partial charge in [-0.3, -0.25) is 14.6 Å². The van der Waals surface area contributed by atoms with Crippen molar-refractivity contribution in [1.82, 2.24) is 19.1 Å². The zero-order valence-corrected chi connectivity index (χ0v) is 23.5.